The van der Waals surface area contributed by atoms with Gasteiger partial charge in [-0.2, -0.15) is 10.4 Å². The molecule has 0 radical (unpaired) electrons. The summed E-state index contributed by atoms with van der Waals surface area (Å²) in [5.41, 5.74) is 1.48. The van der Waals surface area contributed by atoms with Crippen molar-refractivity contribution in [2.45, 2.75) is 69.1 Å². The molecule has 3 unspecified atom stereocenters. The second-order valence-corrected chi connectivity index (χ2v) is 9.38. The minimum atomic E-state index is -0.412. The number of hydrogen-bond acceptors (Lipinski definition) is 7. The van der Waals surface area contributed by atoms with Crippen LogP contribution in [0, 0.1) is 24.1 Å². The molecule has 0 aromatic carbocycles. The number of aromatic nitrogens is 4. The zero-order valence-electron chi connectivity index (χ0n) is 17.9. The van der Waals surface area contributed by atoms with Gasteiger partial charge in [-0.05, 0) is 51.2 Å². The molecule has 0 amide bonds. The van der Waals surface area contributed by atoms with E-state index in [0.717, 1.165) is 36.0 Å². The zero-order valence-corrected chi connectivity index (χ0v) is 17.9. The van der Waals surface area contributed by atoms with Gasteiger partial charge in [-0.25, -0.2) is 9.37 Å². The molecule has 0 saturated carbocycles. The maximum atomic E-state index is 14.2. The summed E-state index contributed by atoms with van der Waals surface area (Å²) in [7, 11) is 0. The highest BCUT2D eigenvalue weighted by molar-refractivity contribution is 5.91. The number of nitriles is 1. The van der Waals surface area contributed by atoms with Gasteiger partial charge in [0.1, 0.15) is 11.6 Å². The van der Waals surface area contributed by atoms with E-state index in [9.17, 15) is 4.39 Å². The lowest BCUT2D eigenvalue weighted by Gasteiger charge is -2.74. The van der Waals surface area contributed by atoms with Crippen molar-refractivity contribution in [3.63, 3.8) is 0 Å². The smallest absolute Gasteiger partial charge is 0.189 e. The number of halogens is 1. The summed E-state index contributed by atoms with van der Waals surface area (Å²) in [6.45, 7) is 1.64. The van der Waals surface area contributed by atoms with E-state index < -0.39 is 5.82 Å². The first-order chi connectivity index (χ1) is 15.6. The van der Waals surface area contributed by atoms with Crippen LogP contribution < -0.4 is 10.6 Å². The molecule has 0 bridgehead atoms. The van der Waals surface area contributed by atoms with Crippen LogP contribution in [0.4, 0.5) is 21.8 Å². The van der Waals surface area contributed by atoms with Crippen molar-refractivity contribution in [3.8, 4) is 6.07 Å². The first-order valence-electron chi connectivity index (χ1n) is 11.2. The topological polar surface area (TPSA) is 106 Å². The van der Waals surface area contributed by atoms with Crippen LogP contribution in [0.25, 0.3) is 10.9 Å². The molecular weight excluding hydrogens is 407 g/mol. The molecule has 0 spiro atoms. The van der Waals surface area contributed by atoms with Crippen molar-refractivity contribution >= 4 is 28.4 Å². The van der Waals surface area contributed by atoms with Gasteiger partial charge in [0.25, 0.3) is 0 Å². The van der Waals surface area contributed by atoms with E-state index in [1.807, 2.05) is 18.2 Å². The Kier molecular flexibility index (Phi) is 4.33. The summed E-state index contributed by atoms with van der Waals surface area (Å²) in [5.74, 6) is 0.981. The summed E-state index contributed by atoms with van der Waals surface area (Å²) in [6, 6.07) is 9.54. The van der Waals surface area contributed by atoms with Crippen LogP contribution in [-0.4, -0.2) is 48.7 Å². The summed E-state index contributed by atoms with van der Waals surface area (Å²) in [6.07, 6.45) is 7.92. The van der Waals surface area contributed by atoms with Gasteiger partial charge in [-0.1, -0.05) is 0 Å². The van der Waals surface area contributed by atoms with Crippen LogP contribution in [0.15, 0.2) is 24.4 Å². The van der Waals surface area contributed by atoms with Gasteiger partial charge in [0.15, 0.2) is 11.6 Å². The van der Waals surface area contributed by atoms with Crippen LogP contribution in [-0.2, 0) is 0 Å². The number of anilines is 3. The highest BCUT2D eigenvalue weighted by Crippen LogP contribution is 2.58. The van der Waals surface area contributed by atoms with Crippen LogP contribution >= 0.6 is 0 Å². The van der Waals surface area contributed by atoms with Crippen molar-refractivity contribution in [1.82, 2.24) is 25.1 Å². The predicted octanol–water partition coefficient (Wildman–Crippen LogP) is 4.01. The van der Waals surface area contributed by atoms with E-state index >= 15 is 0 Å². The summed E-state index contributed by atoms with van der Waals surface area (Å²) in [5, 5.41) is 23.2. The van der Waals surface area contributed by atoms with Crippen LogP contribution in [0.2, 0.25) is 0 Å². The molecule has 6 heterocycles. The number of rotatable bonds is 6. The number of H-pyrrole nitrogens is 1. The lowest BCUT2D eigenvalue weighted by Crippen LogP contribution is -2.81. The molecule has 4 atom stereocenters. The third-order valence-corrected chi connectivity index (χ3v) is 7.44. The average Bonchev–Trinajstić information content (AvgIpc) is 3.07. The van der Waals surface area contributed by atoms with Crippen molar-refractivity contribution in [2.24, 2.45) is 0 Å². The zero-order chi connectivity index (χ0) is 21.9. The van der Waals surface area contributed by atoms with Gasteiger partial charge >= 0.3 is 0 Å². The van der Waals surface area contributed by atoms with Gasteiger partial charge in [0.2, 0.25) is 0 Å². The second-order valence-electron chi connectivity index (χ2n) is 9.38. The van der Waals surface area contributed by atoms with E-state index in [4.69, 9.17) is 10.2 Å². The van der Waals surface area contributed by atoms with Crippen LogP contribution in [0.3, 0.4) is 0 Å². The standard InChI is InChI=1S/C23H25FN8/c1-13-20(24)22(31-30-13)29-19-10-18-17(4-2-7-26-18)21(28-19)27-14-8-15-11-23(5-3-6-25)12-16(9-14)32(15)23/h2,4,7,10,14-16H,3,5,8-9,11-12H2,1H3,(H3,27,28,29,30,31)/t14?,15-,16?,23?/m1/s1. The SMILES string of the molecule is Cc1[nH]nc(Nc2cc3ncccc3c(NC3CC4CC5(CCC#N)C[C@@H](C3)N45)n2)c1F. The monoisotopic (exact) mass is 432 g/mol. The molecule has 3 N–H and O–H groups in total. The van der Waals surface area contributed by atoms with E-state index in [2.05, 4.69) is 36.8 Å². The molecule has 3 aliphatic rings. The Labute approximate surface area is 185 Å². The molecule has 3 aromatic heterocycles. The number of aromatic amines is 1. The Hall–Kier alpha value is -3.25. The number of hydrogen-bond donors (Lipinski definition) is 3. The van der Waals surface area contributed by atoms with Crippen LogP contribution in [0.5, 0.6) is 0 Å². The quantitative estimate of drug-likeness (QED) is 0.540. The fraction of sp³-hybridized carbons (Fsp3) is 0.478. The average molecular weight is 433 g/mol. The Bertz CT molecular complexity index is 1210. The minimum absolute atomic E-state index is 0.127. The summed E-state index contributed by atoms with van der Waals surface area (Å²) < 4.78 is 14.2. The predicted molar refractivity (Wildman–Crippen MR) is 119 cm³/mol. The van der Waals surface area contributed by atoms with Gasteiger partial charge in [-0.15, -0.1) is 0 Å². The van der Waals surface area contributed by atoms with Gasteiger partial charge in [-0.3, -0.25) is 15.0 Å². The number of fused-ring (bicyclic) bond motifs is 1. The highest BCUT2D eigenvalue weighted by Gasteiger charge is 2.64. The Morgan fingerprint density at radius 3 is 2.84 bits per heavy atom. The van der Waals surface area contributed by atoms with E-state index in [1.54, 1.807) is 13.1 Å². The molecule has 3 fully saturated rings. The van der Waals surface area contributed by atoms with Crippen molar-refractivity contribution < 1.29 is 4.39 Å². The number of aryl methyl sites for hydroxylation is 1. The van der Waals surface area contributed by atoms with Gasteiger partial charge < -0.3 is 10.6 Å². The van der Waals surface area contributed by atoms with Crippen molar-refractivity contribution in [1.29, 1.82) is 5.26 Å². The first kappa shape index (κ1) is 19.4. The number of nitrogens with one attached hydrogen (secondary N) is 3. The third-order valence-electron chi connectivity index (χ3n) is 7.44. The molecule has 0 aliphatic carbocycles. The third kappa shape index (κ3) is 2.93. The number of pyridine rings is 2. The molecule has 3 aromatic rings. The van der Waals surface area contributed by atoms with Crippen molar-refractivity contribution in [2.75, 3.05) is 10.6 Å². The van der Waals surface area contributed by atoms with Crippen LogP contribution in [0.1, 0.15) is 44.2 Å². The lowest BCUT2D eigenvalue weighted by molar-refractivity contribution is -0.222. The number of piperidine rings is 2. The molecule has 3 aliphatic heterocycles. The molecule has 164 valence electrons. The van der Waals surface area contributed by atoms with Gasteiger partial charge in [0, 0.05) is 47.7 Å². The summed E-state index contributed by atoms with van der Waals surface area (Å²) >= 11 is 0. The highest BCUT2D eigenvalue weighted by atomic mass is 19.1. The lowest BCUT2D eigenvalue weighted by atomic mass is 9.57. The fourth-order valence-corrected chi connectivity index (χ4v) is 6.16. The molecule has 6 rings (SSSR count). The first-order valence-corrected chi connectivity index (χ1v) is 11.2. The molecule has 32 heavy (non-hydrogen) atoms. The van der Waals surface area contributed by atoms with E-state index in [1.165, 1.54) is 12.8 Å². The Morgan fingerprint density at radius 2 is 2.12 bits per heavy atom. The van der Waals surface area contributed by atoms with E-state index in [0.29, 0.717) is 41.6 Å². The Morgan fingerprint density at radius 1 is 1.31 bits per heavy atom. The number of nitrogens with zero attached hydrogens (tertiary/aromatic N) is 5. The van der Waals surface area contributed by atoms with Crippen molar-refractivity contribution in [3.05, 3.63) is 35.9 Å². The van der Waals surface area contributed by atoms with E-state index in [-0.39, 0.29) is 5.82 Å². The molecule has 8 nitrogen and oxygen atoms in total. The minimum Gasteiger partial charge on any atom is -0.367 e. The Balaban J connectivity index is 1.23. The summed E-state index contributed by atoms with van der Waals surface area (Å²) in [4.78, 5) is 11.9. The molecule has 9 heteroatoms. The molecule has 3 saturated heterocycles. The second kappa shape index (κ2) is 7.14. The maximum Gasteiger partial charge on any atom is 0.189 e. The normalized spacial score (nSPS) is 28.3. The maximum absolute atomic E-state index is 14.2. The largest absolute Gasteiger partial charge is 0.367 e. The molecular formula is C23H25FN8. The van der Waals surface area contributed by atoms with Gasteiger partial charge in [0.05, 0.1) is 17.3 Å². The fourth-order valence-electron chi connectivity index (χ4n) is 6.16.